The Morgan fingerprint density at radius 1 is 1.28 bits per heavy atom. The average Bonchev–Trinajstić information content (AvgIpc) is 2.75. The lowest BCUT2D eigenvalue weighted by molar-refractivity contribution is 0.384. The van der Waals surface area contributed by atoms with Crippen LogP contribution in [0.25, 0.3) is 11.2 Å². The fourth-order valence-electron chi connectivity index (χ4n) is 2.10. The molecule has 0 saturated carbocycles. The Morgan fingerprint density at radius 3 is 2.94 bits per heavy atom. The molecule has 0 aromatic carbocycles. The lowest BCUT2D eigenvalue weighted by Gasteiger charge is -2.12. The maximum Gasteiger partial charge on any atom is 0.177 e. The van der Waals surface area contributed by atoms with Gasteiger partial charge in [-0.2, -0.15) is 0 Å². The van der Waals surface area contributed by atoms with Crippen LogP contribution in [-0.4, -0.2) is 27.5 Å². The number of rotatable bonds is 2. The number of aliphatic hydroxyl groups excluding tert-OH is 1. The van der Waals surface area contributed by atoms with Crippen LogP contribution in [0.1, 0.15) is 12.8 Å². The van der Waals surface area contributed by atoms with Crippen molar-refractivity contribution in [3.8, 4) is 0 Å². The largest absolute Gasteiger partial charge is 0.512 e. The van der Waals surface area contributed by atoms with Crippen LogP contribution in [0.4, 0.5) is 0 Å². The van der Waals surface area contributed by atoms with Gasteiger partial charge in [0.2, 0.25) is 0 Å². The van der Waals surface area contributed by atoms with Crippen molar-refractivity contribution in [1.29, 1.82) is 0 Å². The van der Waals surface area contributed by atoms with Crippen LogP contribution in [0.5, 0.6) is 0 Å². The monoisotopic (exact) mass is 237 g/mol. The second-order valence-electron chi connectivity index (χ2n) is 4.47. The Hall–Kier alpha value is -2.04. The molecule has 4 nitrogen and oxygen atoms in total. The highest BCUT2D eigenvalue weighted by Crippen LogP contribution is 2.19. The standard InChI is InChI=1S/C13H12BN3O/c14-10-5-12-13(15-6-10)16-8-17(12)7-9-1-3-11(18)4-2-9/h1,3,5-6,8,18H,2,4,7H2. The van der Waals surface area contributed by atoms with E-state index in [9.17, 15) is 5.11 Å². The third-order valence-corrected chi connectivity index (χ3v) is 3.08. The summed E-state index contributed by atoms with van der Waals surface area (Å²) in [7, 11) is 5.74. The number of aliphatic hydroxyl groups is 1. The summed E-state index contributed by atoms with van der Waals surface area (Å²) in [5.41, 5.74) is 3.54. The zero-order valence-electron chi connectivity index (χ0n) is 9.87. The van der Waals surface area contributed by atoms with Crippen molar-refractivity contribution in [2.75, 3.05) is 0 Å². The molecule has 3 rings (SSSR count). The van der Waals surface area contributed by atoms with E-state index in [1.165, 1.54) is 5.57 Å². The van der Waals surface area contributed by atoms with Gasteiger partial charge in [-0.1, -0.05) is 11.5 Å². The van der Waals surface area contributed by atoms with Gasteiger partial charge in [-0.25, -0.2) is 9.97 Å². The SMILES string of the molecule is [B]c1cnc2ncn(CC3=CC=C(O)CC3)c2c1. The number of aromatic nitrogens is 3. The van der Waals surface area contributed by atoms with Gasteiger partial charge >= 0.3 is 0 Å². The van der Waals surface area contributed by atoms with Gasteiger partial charge in [0.15, 0.2) is 5.65 Å². The van der Waals surface area contributed by atoms with E-state index >= 15 is 0 Å². The first-order valence-corrected chi connectivity index (χ1v) is 5.86. The number of hydrogen-bond donors (Lipinski definition) is 1. The van der Waals surface area contributed by atoms with Crippen molar-refractivity contribution in [3.63, 3.8) is 0 Å². The third kappa shape index (κ3) is 2.03. The molecule has 2 radical (unpaired) electrons. The number of nitrogens with zero attached hydrogens (tertiary/aromatic N) is 3. The molecule has 0 bridgehead atoms. The Balaban J connectivity index is 1.93. The number of allylic oxidation sites excluding steroid dienone is 4. The summed E-state index contributed by atoms with van der Waals surface area (Å²) in [6.45, 7) is 0.755. The minimum atomic E-state index is 0.445. The molecule has 18 heavy (non-hydrogen) atoms. The van der Waals surface area contributed by atoms with Crippen molar-refractivity contribution in [1.82, 2.24) is 14.5 Å². The van der Waals surface area contributed by atoms with Gasteiger partial charge in [0.1, 0.15) is 7.85 Å². The quantitative estimate of drug-likeness (QED) is 0.803. The lowest BCUT2D eigenvalue weighted by Crippen LogP contribution is -2.06. The van der Waals surface area contributed by atoms with E-state index < -0.39 is 0 Å². The molecule has 2 aromatic heterocycles. The minimum absolute atomic E-state index is 0.445. The predicted octanol–water partition coefficient (Wildman–Crippen LogP) is 1.39. The van der Waals surface area contributed by atoms with Gasteiger partial charge in [-0.05, 0) is 24.1 Å². The van der Waals surface area contributed by atoms with E-state index in [-0.39, 0.29) is 0 Å². The molecule has 2 aromatic rings. The Labute approximate surface area is 106 Å². The summed E-state index contributed by atoms with van der Waals surface area (Å²) >= 11 is 0. The summed E-state index contributed by atoms with van der Waals surface area (Å²) < 4.78 is 2.03. The highest BCUT2D eigenvalue weighted by Gasteiger charge is 2.08. The summed E-state index contributed by atoms with van der Waals surface area (Å²) in [4.78, 5) is 8.42. The van der Waals surface area contributed by atoms with Crippen molar-refractivity contribution >= 4 is 24.5 Å². The molecular weight excluding hydrogens is 225 g/mol. The molecule has 0 unspecified atom stereocenters. The van der Waals surface area contributed by atoms with Gasteiger partial charge in [0.05, 0.1) is 17.6 Å². The zero-order chi connectivity index (χ0) is 12.5. The van der Waals surface area contributed by atoms with E-state index in [4.69, 9.17) is 7.85 Å². The van der Waals surface area contributed by atoms with Crippen molar-refractivity contribution < 1.29 is 5.11 Å². The van der Waals surface area contributed by atoms with Crippen LogP contribution in [0, 0.1) is 0 Å². The second kappa shape index (κ2) is 4.33. The molecule has 0 aliphatic heterocycles. The van der Waals surface area contributed by atoms with Crippen LogP contribution < -0.4 is 5.46 Å². The molecule has 5 heteroatoms. The van der Waals surface area contributed by atoms with Crippen molar-refractivity contribution in [2.24, 2.45) is 0 Å². The fourth-order valence-corrected chi connectivity index (χ4v) is 2.10. The van der Waals surface area contributed by atoms with Crippen LogP contribution in [0.2, 0.25) is 0 Å². The summed E-state index contributed by atoms with van der Waals surface area (Å²) in [5.74, 6) is 0.445. The zero-order valence-corrected chi connectivity index (χ0v) is 9.87. The topological polar surface area (TPSA) is 50.9 Å². The van der Waals surface area contributed by atoms with E-state index in [0.717, 1.165) is 18.5 Å². The molecule has 0 atom stereocenters. The van der Waals surface area contributed by atoms with Gasteiger partial charge in [0.25, 0.3) is 0 Å². The first kappa shape index (κ1) is 11.1. The second-order valence-corrected chi connectivity index (χ2v) is 4.47. The fraction of sp³-hybridized carbons (Fsp3) is 0.231. The third-order valence-electron chi connectivity index (χ3n) is 3.08. The minimum Gasteiger partial charge on any atom is -0.512 e. The molecule has 0 spiro atoms. The molecule has 1 aliphatic carbocycles. The summed E-state index contributed by atoms with van der Waals surface area (Å²) in [5, 5.41) is 9.33. The Morgan fingerprint density at radius 2 is 2.17 bits per heavy atom. The van der Waals surface area contributed by atoms with Gasteiger partial charge in [-0.3, -0.25) is 0 Å². The van der Waals surface area contributed by atoms with Gasteiger partial charge < -0.3 is 9.67 Å². The van der Waals surface area contributed by atoms with Crippen LogP contribution in [0.15, 0.2) is 42.1 Å². The molecule has 1 N–H and O–H groups in total. The molecule has 88 valence electrons. The molecule has 0 amide bonds. The van der Waals surface area contributed by atoms with Crippen LogP contribution in [-0.2, 0) is 6.54 Å². The number of fused-ring (bicyclic) bond motifs is 1. The van der Waals surface area contributed by atoms with E-state index in [1.807, 2.05) is 16.7 Å². The van der Waals surface area contributed by atoms with Gasteiger partial charge in [-0.15, -0.1) is 0 Å². The smallest absolute Gasteiger partial charge is 0.177 e. The van der Waals surface area contributed by atoms with Crippen LogP contribution in [0.3, 0.4) is 0 Å². The first-order valence-electron chi connectivity index (χ1n) is 5.86. The maximum absolute atomic E-state index is 9.33. The highest BCUT2D eigenvalue weighted by molar-refractivity contribution is 6.32. The number of hydrogen-bond acceptors (Lipinski definition) is 3. The Kier molecular flexibility index (Phi) is 2.66. The average molecular weight is 237 g/mol. The highest BCUT2D eigenvalue weighted by atomic mass is 16.3. The summed E-state index contributed by atoms with van der Waals surface area (Å²) in [6, 6.07) is 1.88. The van der Waals surface area contributed by atoms with Crippen molar-refractivity contribution in [3.05, 3.63) is 42.1 Å². The molecular formula is C13H12BN3O. The molecule has 0 saturated heterocycles. The van der Waals surface area contributed by atoms with E-state index in [2.05, 4.69) is 9.97 Å². The molecule has 1 aliphatic rings. The predicted molar refractivity (Wildman–Crippen MR) is 70.9 cm³/mol. The Bertz CT molecular complexity index is 657. The van der Waals surface area contributed by atoms with Crippen LogP contribution >= 0.6 is 0 Å². The lowest BCUT2D eigenvalue weighted by atomic mass is 9.99. The van der Waals surface area contributed by atoms with Crippen molar-refractivity contribution in [2.45, 2.75) is 19.4 Å². The van der Waals surface area contributed by atoms with E-state index in [0.29, 0.717) is 23.3 Å². The van der Waals surface area contributed by atoms with Gasteiger partial charge in [0, 0.05) is 19.2 Å². The number of imidazole rings is 1. The summed E-state index contributed by atoms with van der Waals surface area (Å²) in [6.07, 6.45) is 8.68. The molecule has 2 heterocycles. The molecule has 0 fully saturated rings. The number of pyridine rings is 1. The maximum atomic E-state index is 9.33. The normalized spacial score (nSPS) is 15.6. The van der Waals surface area contributed by atoms with E-state index in [1.54, 1.807) is 18.6 Å². The first-order chi connectivity index (χ1) is 8.72.